The molecular weight excluding hydrogens is 256 g/mol. The van der Waals surface area contributed by atoms with Gasteiger partial charge in [0.1, 0.15) is 36.3 Å². The van der Waals surface area contributed by atoms with Crippen LogP contribution < -0.4 is 10.1 Å². The summed E-state index contributed by atoms with van der Waals surface area (Å²) >= 11 is 0. The fraction of sp³-hybridized carbons (Fsp3) is 0.214. The number of nitrogens with zero attached hydrogens (tertiary/aromatic N) is 3. The van der Waals surface area contributed by atoms with Gasteiger partial charge in [0, 0.05) is 12.8 Å². The predicted octanol–water partition coefficient (Wildman–Crippen LogP) is 1.95. The Bertz CT molecular complexity index is 584. The van der Waals surface area contributed by atoms with Crippen LogP contribution in [0.15, 0.2) is 35.5 Å². The molecule has 0 aliphatic rings. The van der Waals surface area contributed by atoms with Gasteiger partial charge in [-0.25, -0.2) is 0 Å². The maximum Gasteiger partial charge on any atom is 0.163 e. The molecule has 1 aromatic rings. The molecule has 6 nitrogen and oxygen atoms in total. The zero-order valence-electron chi connectivity index (χ0n) is 10.9. The van der Waals surface area contributed by atoms with Crippen LogP contribution in [0.5, 0.6) is 5.75 Å². The lowest BCUT2D eigenvalue weighted by Crippen LogP contribution is -2.04. The Labute approximate surface area is 117 Å². The smallest absolute Gasteiger partial charge is 0.163 e. The van der Waals surface area contributed by atoms with Crippen molar-refractivity contribution in [1.29, 1.82) is 15.8 Å². The van der Waals surface area contributed by atoms with Crippen molar-refractivity contribution in [3.8, 4) is 24.0 Å². The Morgan fingerprint density at radius 3 is 2.20 bits per heavy atom. The first-order valence-corrected chi connectivity index (χ1v) is 5.68. The molecule has 1 rings (SSSR count). The predicted molar refractivity (Wildman–Crippen MR) is 71.3 cm³/mol. The highest BCUT2D eigenvalue weighted by atomic mass is 16.5. The van der Waals surface area contributed by atoms with E-state index in [9.17, 15) is 0 Å². The van der Waals surface area contributed by atoms with Crippen molar-refractivity contribution >= 4 is 5.69 Å². The van der Waals surface area contributed by atoms with E-state index >= 15 is 0 Å². The summed E-state index contributed by atoms with van der Waals surface area (Å²) in [6.07, 6.45) is 0. The summed E-state index contributed by atoms with van der Waals surface area (Å²) in [6, 6.07) is 11.9. The second-order valence-electron chi connectivity index (χ2n) is 3.58. The lowest BCUT2D eigenvalue weighted by molar-refractivity contribution is 0.146. The van der Waals surface area contributed by atoms with Gasteiger partial charge in [-0.15, -0.1) is 0 Å². The van der Waals surface area contributed by atoms with E-state index in [1.54, 1.807) is 49.6 Å². The number of hydrogen-bond donors (Lipinski definition) is 1. The van der Waals surface area contributed by atoms with E-state index in [-0.39, 0.29) is 11.3 Å². The van der Waals surface area contributed by atoms with Crippen molar-refractivity contribution < 1.29 is 9.47 Å². The van der Waals surface area contributed by atoms with Gasteiger partial charge in [-0.1, -0.05) is 0 Å². The number of benzene rings is 1. The van der Waals surface area contributed by atoms with Gasteiger partial charge in [-0.3, -0.25) is 0 Å². The highest BCUT2D eigenvalue weighted by molar-refractivity contribution is 5.58. The second kappa shape index (κ2) is 8.16. The van der Waals surface area contributed by atoms with Crippen LogP contribution in [0.3, 0.4) is 0 Å². The van der Waals surface area contributed by atoms with Crippen LogP contribution in [0.4, 0.5) is 5.69 Å². The van der Waals surface area contributed by atoms with Crippen molar-refractivity contribution in [3.63, 3.8) is 0 Å². The van der Waals surface area contributed by atoms with E-state index in [4.69, 9.17) is 25.3 Å². The molecule has 0 aromatic heterocycles. The van der Waals surface area contributed by atoms with Gasteiger partial charge in [0.25, 0.3) is 0 Å². The largest absolute Gasteiger partial charge is 0.491 e. The molecule has 0 fully saturated rings. The highest BCUT2D eigenvalue weighted by Crippen LogP contribution is 2.17. The topological polar surface area (TPSA) is 102 Å². The second-order valence-corrected chi connectivity index (χ2v) is 3.58. The molecular formula is C14H12N4O2. The van der Waals surface area contributed by atoms with Gasteiger partial charge in [0.05, 0.1) is 6.61 Å². The van der Waals surface area contributed by atoms with E-state index in [0.717, 1.165) is 0 Å². The van der Waals surface area contributed by atoms with Gasteiger partial charge in [0.15, 0.2) is 5.57 Å². The summed E-state index contributed by atoms with van der Waals surface area (Å²) in [6.45, 7) is 0.939. The van der Waals surface area contributed by atoms with Crippen LogP contribution in [0.1, 0.15) is 0 Å². The highest BCUT2D eigenvalue weighted by Gasteiger charge is 2.06. The van der Waals surface area contributed by atoms with Crippen molar-refractivity contribution in [2.24, 2.45) is 0 Å². The van der Waals surface area contributed by atoms with Crippen LogP contribution in [0.25, 0.3) is 0 Å². The molecule has 1 N–H and O–H groups in total. The SMILES string of the molecule is COCCOc1ccc(NC(C#N)=C(C#N)C#N)cc1. The third kappa shape index (κ3) is 4.34. The molecule has 0 saturated heterocycles. The van der Waals surface area contributed by atoms with Gasteiger partial charge in [0.2, 0.25) is 0 Å². The molecule has 0 amide bonds. The summed E-state index contributed by atoms with van der Waals surface area (Å²) in [5, 5.41) is 29.1. The molecule has 0 radical (unpaired) electrons. The van der Waals surface area contributed by atoms with E-state index in [2.05, 4.69) is 5.32 Å². The van der Waals surface area contributed by atoms with Crippen LogP contribution in [-0.4, -0.2) is 20.3 Å². The third-order valence-electron chi connectivity index (χ3n) is 2.27. The van der Waals surface area contributed by atoms with Gasteiger partial charge in [-0.2, -0.15) is 15.8 Å². The fourth-order valence-corrected chi connectivity index (χ4v) is 1.30. The standard InChI is InChI=1S/C14H12N4O2/c1-19-6-7-20-13-4-2-12(3-5-13)18-14(10-17)11(8-15)9-16/h2-5,18H,6-7H2,1H3. The van der Waals surface area contributed by atoms with Crippen molar-refractivity contribution in [3.05, 3.63) is 35.5 Å². The van der Waals surface area contributed by atoms with Crippen LogP contribution >= 0.6 is 0 Å². The molecule has 20 heavy (non-hydrogen) atoms. The Morgan fingerprint density at radius 2 is 1.70 bits per heavy atom. The van der Waals surface area contributed by atoms with Crippen molar-refractivity contribution in [2.45, 2.75) is 0 Å². The molecule has 100 valence electrons. The van der Waals surface area contributed by atoms with Crippen LogP contribution in [0.2, 0.25) is 0 Å². The molecule has 0 heterocycles. The van der Waals surface area contributed by atoms with Crippen molar-refractivity contribution in [1.82, 2.24) is 0 Å². The minimum atomic E-state index is -0.257. The number of ether oxygens (including phenoxy) is 2. The summed E-state index contributed by atoms with van der Waals surface area (Å²) in [7, 11) is 1.59. The molecule has 0 saturated carbocycles. The maximum absolute atomic E-state index is 8.91. The molecule has 1 aromatic carbocycles. The lowest BCUT2D eigenvalue weighted by atomic mass is 10.2. The summed E-state index contributed by atoms with van der Waals surface area (Å²) in [5.41, 5.74) is 0.250. The first-order chi connectivity index (χ1) is 9.74. The summed E-state index contributed by atoms with van der Waals surface area (Å²) in [5.74, 6) is 0.663. The van der Waals surface area contributed by atoms with Crippen LogP contribution in [-0.2, 0) is 4.74 Å². The van der Waals surface area contributed by atoms with Gasteiger partial charge in [-0.05, 0) is 24.3 Å². The molecule has 0 bridgehead atoms. The molecule has 6 heteroatoms. The third-order valence-corrected chi connectivity index (χ3v) is 2.27. The Hall–Kier alpha value is -3.01. The molecule has 0 aliphatic carbocycles. The number of anilines is 1. The summed E-state index contributed by atoms with van der Waals surface area (Å²) < 4.78 is 10.3. The average Bonchev–Trinajstić information content (AvgIpc) is 2.49. The van der Waals surface area contributed by atoms with Crippen LogP contribution in [0, 0.1) is 34.0 Å². The van der Waals surface area contributed by atoms with Gasteiger partial charge < -0.3 is 14.8 Å². The average molecular weight is 268 g/mol. The number of rotatable bonds is 6. The van der Waals surface area contributed by atoms with Gasteiger partial charge >= 0.3 is 0 Å². The molecule has 0 unspecified atom stereocenters. The number of allylic oxidation sites excluding steroid dienone is 2. The van der Waals surface area contributed by atoms with Crippen molar-refractivity contribution in [2.75, 3.05) is 25.6 Å². The zero-order valence-corrected chi connectivity index (χ0v) is 10.9. The van der Waals surface area contributed by atoms with E-state index in [1.165, 1.54) is 0 Å². The number of nitrogens with one attached hydrogen (secondary N) is 1. The normalized spacial score (nSPS) is 8.70. The fourth-order valence-electron chi connectivity index (χ4n) is 1.30. The Kier molecular flexibility index (Phi) is 6.14. The van der Waals surface area contributed by atoms with E-state index in [1.807, 2.05) is 0 Å². The quantitative estimate of drug-likeness (QED) is 0.625. The van der Waals surface area contributed by atoms with E-state index in [0.29, 0.717) is 24.7 Å². The monoisotopic (exact) mass is 268 g/mol. The molecule has 0 atom stereocenters. The zero-order chi connectivity index (χ0) is 14.8. The maximum atomic E-state index is 8.91. The Morgan fingerprint density at radius 1 is 1.05 bits per heavy atom. The first kappa shape index (κ1) is 15.0. The lowest BCUT2D eigenvalue weighted by Gasteiger charge is -2.07. The molecule has 0 spiro atoms. The molecule has 0 aliphatic heterocycles. The minimum Gasteiger partial charge on any atom is -0.491 e. The number of nitriles is 3. The Balaban J connectivity index is 2.76. The minimum absolute atomic E-state index is 0.0805. The first-order valence-electron chi connectivity index (χ1n) is 5.68. The van der Waals surface area contributed by atoms with E-state index < -0.39 is 0 Å². The number of hydrogen-bond acceptors (Lipinski definition) is 6. The number of methoxy groups -OCH3 is 1. The summed E-state index contributed by atoms with van der Waals surface area (Å²) in [4.78, 5) is 0.